The van der Waals surface area contributed by atoms with Gasteiger partial charge in [0.2, 0.25) is 5.91 Å². The van der Waals surface area contributed by atoms with Crippen LogP contribution in [0.25, 0.3) is 0 Å². The van der Waals surface area contributed by atoms with Gasteiger partial charge in [-0.1, -0.05) is 30.3 Å². The zero-order chi connectivity index (χ0) is 25.3. The zero-order valence-corrected chi connectivity index (χ0v) is 20.8. The van der Waals surface area contributed by atoms with Crippen LogP contribution in [0.15, 0.2) is 48.5 Å². The van der Waals surface area contributed by atoms with Crippen molar-refractivity contribution < 1.29 is 23.1 Å². The van der Waals surface area contributed by atoms with E-state index in [0.717, 1.165) is 69.4 Å². The van der Waals surface area contributed by atoms with E-state index in [2.05, 4.69) is 10.2 Å². The molecule has 1 amide bonds. The predicted octanol–water partition coefficient (Wildman–Crippen LogP) is 5.14. The highest BCUT2D eigenvalue weighted by atomic mass is 19.1. The maximum atomic E-state index is 14.0. The van der Waals surface area contributed by atoms with Gasteiger partial charge in [0.05, 0.1) is 12.2 Å². The molecule has 0 aromatic heterocycles. The van der Waals surface area contributed by atoms with Gasteiger partial charge in [-0.2, -0.15) is 0 Å². The molecule has 2 aromatic carbocycles. The molecule has 1 aliphatic carbocycles. The fraction of sp³-hybridized carbons (Fsp3) is 0.517. The van der Waals surface area contributed by atoms with Crippen LogP contribution < -0.4 is 5.32 Å². The average molecular weight is 499 g/mol. The number of amides is 1. The topological polar surface area (TPSA) is 58.6 Å². The third-order valence-corrected chi connectivity index (χ3v) is 7.57. The molecule has 1 saturated heterocycles. The van der Waals surface area contributed by atoms with Gasteiger partial charge >= 0.3 is 0 Å². The highest BCUT2D eigenvalue weighted by Gasteiger charge is 2.28. The minimum absolute atomic E-state index is 0.00135. The van der Waals surface area contributed by atoms with Crippen molar-refractivity contribution in [2.45, 2.75) is 57.6 Å². The fourth-order valence-electron chi connectivity index (χ4n) is 5.39. The van der Waals surface area contributed by atoms with Crippen molar-refractivity contribution in [1.82, 2.24) is 10.2 Å². The number of likely N-dealkylation sites (tertiary alicyclic amines) is 1. The molecule has 5 nitrogen and oxygen atoms in total. The molecular formula is C29H36F2N2O3. The van der Waals surface area contributed by atoms with Gasteiger partial charge in [-0.3, -0.25) is 9.59 Å². The maximum absolute atomic E-state index is 14.0. The molecule has 36 heavy (non-hydrogen) atoms. The molecule has 0 unspecified atom stereocenters. The lowest BCUT2D eigenvalue weighted by Crippen LogP contribution is -2.40. The number of carbonyl (C=O) groups is 2. The van der Waals surface area contributed by atoms with Gasteiger partial charge in [-0.15, -0.1) is 0 Å². The normalized spacial score (nSPS) is 21.3. The van der Waals surface area contributed by atoms with Crippen LogP contribution in [0.4, 0.5) is 8.78 Å². The lowest BCUT2D eigenvalue weighted by molar-refractivity contribution is -0.127. The van der Waals surface area contributed by atoms with Gasteiger partial charge in [0.1, 0.15) is 18.2 Å². The third kappa shape index (κ3) is 7.68. The molecule has 2 fully saturated rings. The van der Waals surface area contributed by atoms with Gasteiger partial charge in [0, 0.05) is 18.0 Å². The highest BCUT2D eigenvalue weighted by molar-refractivity contribution is 5.98. The number of Topliss-reactive ketones (excluding diaryl/α,β-unsaturated/α-hetero) is 1. The number of ether oxygens (including phenoxy) is 1. The van der Waals surface area contributed by atoms with Crippen molar-refractivity contribution in [3.8, 4) is 0 Å². The Labute approximate surface area is 212 Å². The molecule has 1 heterocycles. The van der Waals surface area contributed by atoms with Crippen LogP contribution in [0.1, 0.15) is 60.9 Å². The third-order valence-electron chi connectivity index (χ3n) is 7.57. The molecule has 2 aromatic rings. The second-order valence-electron chi connectivity index (χ2n) is 10.2. The Hall–Kier alpha value is -2.64. The van der Waals surface area contributed by atoms with E-state index in [1.165, 1.54) is 6.07 Å². The predicted molar refractivity (Wildman–Crippen MR) is 134 cm³/mol. The van der Waals surface area contributed by atoms with E-state index in [9.17, 15) is 18.4 Å². The molecule has 2 aliphatic rings. The van der Waals surface area contributed by atoms with Crippen molar-refractivity contribution in [2.75, 3.05) is 26.2 Å². The molecule has 4 rings (SSSR count). The Morgan fingerprint density at radius 3 is 2.36 bits per heavy atom. The number of nitrogens with zero attached hydrogens (tertiary/aromatic N) is 1. The molecule has 7 heteroatoms. The average Bonchev–Trinajstić information content (AvgIpc) is 2.89. The van der Waals surface area contributed by atoms with Crippen LogP contribution in [0.5, 0.6) is 0 Å². The summed E-state index contributed by atoms with van der Waals surface area (Å²) in [5.41, 5.74) is 1.06. The van der Waals surface area contributed by atoms with E-state index >= 15 is 0 Å². The first-order valence-electron chi connectivity index (χ1n) is 13.1. The fourth-order valence-corrected chi connectivity index (χ4v) is 5.39. The Bertz CT molecular complexity index is 1000. The number of piperidine rings is 1. The highest BCUT2D eigenvalue weighted by Crippen LogP contribution is 2.29. The molecule has 0 radical (unpaired) electrons. The summed E-state index contributed by atoms with van der Waals surface area (Å²) >= 11 is 0. The Balaban J connectivity index is 1.09. The number of rotatable bonds is 10. The van der Waals surface area contributed by atoms with Crippen LogP contribution in [-0.2, 0) is 16.1 Å². The van der Waals surface area contributed by atoms with Crippen LogP contribution >= 0.6 is 0 Å². The molecule has 1 saturated carbocycles. The molecule has 1 aliphatic heterocycles. The Kier molecular flexibility index (Phi) is 9.59. The van der Waals surface area contributed by atoms with E-state index in [1.54, 1.807) is 0 Å². The summed E-state index contributed by atoms with van der Waals surface area (Å²) in [6.07, 6.45) is 6.74. The molecule has 0 bridgehead atoms. The first-order valence-corrected chi connectivity index (χ1v) is 13.1. The quantitative estimate of drug-likeness (QED) is 0.461. The van der Waals surface area contributed by atoms with Crippen molar-refractivity contribution in [2.24, 2.45) is 11.8 Å². The van der Waals surface area contributed by atoms with Crippen molar-refractivity contribution in [3.05, 3.63) is 71.3 Å². The number of ketones is 1. The minimum Gasteiger partial charge on any atom is -0.367 e. The first kappa shape index (κ1) is 26.4. The number of benzene rings is 2. The van der Waals surface area contributed by atoms with Crippen LogP contribution in [0.3, 0.4) is 0 Å². The van der Waals surface area contributed by atoms with Gasteiger partial charge in [-0.05, 0) is 88.2 Å². The molecule has 0 atom stereocenters. The summed E-state index contributed by atoms with van der Waals surface area (Å²) in [6, 6.07) is 13.2. The maximum Gasteiger partial charge on any atom is 0.246 e. The zero-order valence-electron chi connectivity index (χ0n) is 20.8. The van der Waals surface area contributed by atoms with Gasteiger partial charge in [-0.25, -0.2) is 8.78 Å². The standard InChI is InChI=1S/C29H36F2N2O3/c30-24-8-11-26(27(31)18-24)29(35)23-13-16-33(17-14-23)15-12-21-6-9-25(10-7-21)32-28(34)20-36-19-22-4-2-1-3-5-22/h1-5,8,11,18,21,23,25H,6-7,9-10,12-17,19-20H2,(H,32,34)/t21-,25-. The smallest absolute Gasteiger partial charge is 0.246 e. The van der Waals surface area contributed by atoms with Gasteiger partial charge in [0.15, 0.2) is 5.78 Å². The van der Waals surface area contributed by atoms with E-state index < -0.39 is 11.6 Å². The number of carbonyl (C=O) groups excluding carboxylic acids is 2. The summed E-state index contributed by atoms with van der Waals surface area (Å²) in [5.74, 6) is -1.24. The van der Waals surface area contributed by atoms with E-state index in [4.69, 9.17) is 4.74 Å². The molecule has 194 valence electrons. The van der Waals surface area contributed by atoms with Crippen molar-refractivity contribution in [3.63, 3.8) is 0 Å². The minimum atomic E-state index is -0.770. The molecular weight excluding hydrogens is 462 g/mol. The summed E-state index contributed by atoms with van der Waals surface area (Å²) < 4.78 is 32.6. The van der Waals surface area contributed by atoms with E-state index in [-0.39, 0.29) is 35.8 Å². The van der Waals surface area contributed by atoms with E-state index in [1.807, 2.05) is 30.3 Å². The number of nitrogens with one attached hydrogen (secondary N) is 1. The summed E-state index contributed by atoms with van der Waals surface area (Å²) in [7, 11) is 0. The van der Waals surface area contributed by atoms with Crippen molar-refractivity contribution in [1.29, 1.82) is 0 Å². The van der Waals surface area contributed by atoms with Gasteiger partial charge in [0.25, 0.3) is 0 Å². The second kappa shape index (κ2) is 13.1. The van der Waals surface area contributed by atoms with E-state index in [0.29, 0.717) is 25.4 Å². The summed E-state index contributed by atoms with van der Waals surface area (Å²) in [5, 5.41) is 3.11. The number of halogens is 2. The largest absolute Gasteiger partial charge is 0.367 e. The SMILES string of the molecule is O=C(COCc1ccccc1)N[C@H]1CC[C@H](CCN2CCC(C(=O)c3ccc(F)cc3F)CC2)CC1. The number of hydrogen-bond acceptors (Lipinski definition) is 4. The lowest BCUT2D eigenvalue weighted by Gasteiger charge is -2.34. The monoisotopic (exact) mass is 498 g/mol. The Morgan fingerprint density at radius 2 is 1.67 bits per heavy atom. The lowest BCUT2D eigenvalue weighted by atomic mass is 9.83. The molecule has 1 N–H and O–H groups in total. The van der Waals surface area contributed by atoms with Gasteiger partial charge < -0.3 is 15.0 Å². The Morgan fingerprint density at radius 1 is 0.944 bits per heavy atom. The number of hydrogen-bond donors (Lipinski definition) is 1. The van der Waals surface area contributed by atoms with Crippen LogP contribution in [0, 0.1) is 23.5 Å². The second-order valence-corrected chi connectivity index (χ2v) is 10.2. The van der Waals surface area contributed by atoms with Crippen LogP contribution in [0.2, 0.25) is 0 Å². The summed E-state index contributed by atoms with van der Waals surface area (Å²) in [6.45, 7) is 3.18. The van der Waals surface area contributed by atoms with Crippen molar-refractivity contribution >= 4 is 11.7 Å². The molecule has 0 spiro atoms. The summed E-state index contributed by atoms with van der Waals surface area (Å²) in [4.78, 5) is 27.3. The van der Waals surface area contributed by atoms with Crippen LogP contribution in [-0.4, -0.2) is 48.9 Å². The first-order chi connectivity index (χ1) is 17.5.